The van der Waals surface area contributed by atoms with Crippen molar-refractivity contribution < 1.29 is 19.7 Å². The first-order valence-corrected chi connectivity index (χ1v) is 8.68. The average molecular weight is 337 g/mol. The van der Waals surface area contributed by atoms with Crippen molar-refractivity contribution in [3.8, 4) is 0 Å². The molecule has 0 aromatic heterocycles. The van der Waals surface area contributed by atoms with Gasteiger partial charge in [0.1, 0.15) is 6.04 Å². The van der Waals surface area contributed by atoms with Gasteiger partial charge in [-0.15, -0.1) is 0 Å². The summed E-state index contributed by atoms with van der Waals surface area (Å²) in [6.45, 7) is 5.77. The number of likely N-dealkylation sites (N-methyl/N-ethyl adjacent to an activating group) is 1. The molecule has 136 valence electrons. The average Bonchev–Trinajstić information content (AvgIpc) is 2.58. The number of aliphatic hydroxyl groups excluding tert-OH is 2. The van der Waals surface area contributed by atoms with E-state index in [0.29, 0.717) is 25.9 Å². The maximum Gasteiger partial charge on any atom is 0.323 e. The molecule has 2 N–H and O–H groups in total. The summed E-state index contributed by atoms with van der Waals surface area (Å²) in [6, 6.07) is 9.72. The predicted molar refractivity (Wildman–Crippen MR) is 94.6 cm³/mol. The first-order valence-electron chi connectivity index (χ1n) is 8.68. The molecule has 1 aromatic carbocycles. The Morgan fingerprint density at radius 1 is 1.17 bits per heavy atom. The fourth-order valence-corrected chi connectivity index (χ4v) is 2.72. The summed E-state index contributed by atoms with van der Waals surface area (Å²) >= 11 is 0. The van der Waals surface area contributed by atoms with Gasteiger partial charge in [-0.1, -0.05) is 30.3 Å². The van der Waals surface area contributed by atoms with Crippen molar-refractivity contribution in [1.29, 1.82) is 0 Å². The summed E-state index contributed by atoms with van der Waals surface area (Å²) in [5, 5.41) is 19.1. The van der Waals surface area contributed by atoms with Gasteiger partial charge in [-0.3, -0.25) is 9.69 Å². The Hall–Kier alpha value is -1.43. The second kappa shape index (κ2) is 10.4. The standard InChI is InChI=1S/C19H31NO4/c1-5-24-19(23)17(12-9-13-18(22)15(3)21)20(4)14(2)16-10-7-6-8-11-16/h6-8,10-11,14-15,17-18,21-22H,5,9,12-13H2,1-4H3/t14-,15-,17+,18+/m0/s1. The van der Waals surface area contributed by atoms with Crippen LogP contribution in [0.15, 0.2) is 30.3 Å². The van der Waals surface area contributed by atoms with Crippen molar-refractivity contribution in [1.82, 2.24) is 4.90 Å². The van der Waals surface area contributed by atoms with Crippen LogP contribution in [-0.2, 0) is 9.53 Å². The lowest BCUT2D eigenvalue weighted by Crippen LogP contribution is -2.41. The molecule has 0 bridgehead atoms. The van der Waals surface area contributed by atoms with E-state index in [1.54, 1.807) is 13.8 Å². The lowest BCUT2D eigenvalue weighted by Gasteiger charge is -2.32. The number of esters is 1. The maximum absolute atomic E-state index is 12.4. The molecule has 5 nitrogen and oxygen atoms in total. The molecule has 0 aliphatic carbocycles. The highest BCUT2D eigenvalue weighted by Gasteiger charge is 2.28. The van der Waals surface area contributed by atoms with Crippen LogP contribution < -0.4 is 0 Å². The lowest BCUT2D eigenvalue weighted by molar-refractivity contribution is -0.150. The van der Waals surface area contributed by atoms with Gasteiger partial charge in [0, 0.05) is 6.04 Å². The van der Waals surface area contributed by atoms with Crippen molar-refractivity contribution in [3.05, 3.63) is 35.9 Å². The van der Waals surface area contributed by atoms with Gasteiger partial charge in [0.2, 0.25) is 0 Å². The number of carbonyl (C=O) groups is 1. The fraction of sp³-hybridized carbons (Fsp3) is 0.632. The second-order valence-electron chi connectivity index (χ2n) is 6.26. The van der Waals surface area contributed by atoms with Crippen molar-refractivity contribution >= 4 is 5.97 Å². The maximum atomic E-state index is 12.4. The summed E-state index contributed by atoms with van der Waals surface area (Å²) in [7, 11) is 1.92. The molecule has 0 aliphatic rings. The van der Waals surface area contributed by atoms with Gasteiger partial charge in [0.15, 0.2) is 0 Å². The van der Waals surface area contributed by atoms with Gasteiger partial charge < -0.3 is 14.9 Å². The SMILES string of the molecule is CCOC(=O)[C@@H](CCC[C@@H](O)[C@H](C)O)N(C)[C@@H](C)c1ccccc1. The number of hydrogen-bond donors (Lipinski definition) is 2. The van der Waals surface area contributed by atoms with E-state index in [1.807, 2.05) is 42.3 Å². The van der Waals surface area contributed by atoms with Crippen LogP contribution in [0.2, 0.25) is 0 Å². The number of benzene rings is 1. The topological polar surface area (TPSA) is 70.0 Å². The largest absolute Gasteiger partial charge is 0.465 e. The van der Waals surface area contributed by atoms with Crippen LogP contribution in [0.1, 0.15) is 51.6 Å². The quantitative estimate of drug-likeness (QED) is 0.642. The van der Waals surface area contributed by atoms with E-state index in [9.17, 15) is 15.0 Å². The molecule has 0 fully saturated rings. The number of carbonyl (C=O) groups excluding carboxylic acids is 1. The predicted octanol–water partition coefficient (Wildman–Crippen LogP) is 2.52. The zero-order valence-electron chi connectivity index (χ0n) is 15.2. The summed E-state index contributed by atoms with van der Waals surface area (Å²) in [4.78, 5) is 14.4. The van der Waals surface area contributed by atoms with E-state index >= 15 is 0 Å². The Morgan fingerprint density at radius 2 is 1.79 bits per heavy atom. The third-order valence-corrected chi connectivity index (χ3v) is 4.48. The van der Waals surface area contributed by atoms with Crippen molar-refractivity contribution in [2.24, 2.45) is 0 Å². The van der Waals surface area contributed by atoms with E-state index < -0.39 is 12.2 Å². The van der Waals surface area contributed by atoms with Crippen LogP contribution in [0, 0.1) is 0 Å². The molecule has 0 saturated heterocycles. The summed E-state index contributed by atoms with van der Waals surface area (Å²) in [5.74, 6) is -0.241. The zero-order valence-corrected chi connectivity index (χ0v) is 15.2. The fourth-order valence-electron chi connectivity index (χ4n) is 2.72. The van der Waals surface area contributed by atoms with Gasteiger partial charge in [-0.2, -0.15) is 0 Å². The molecule has 0 saturated carbocycles. The Kier molecular flexibility index (Phi) is 8.97. The molecule has 0 spiro atoms. The molecule has 1 rings (SSSR count). The van der Waals surface area contributed by atoms with Gasteiger partial charge in [-0.05, 0) is 52.6 Å². The number of nitrogens with zero attached hydrogens (tertiary/aromatic N) is 1. The highest BCUT2D eigenvalue weighted by atomic mass is 16.5. The summed E-state index contributed by atoms with van der Waals surface area (Å²) in [5.41, 5.74) is 1.14. The van der Waals surface area contributed by atoms with E-state index in [-0.39, 0.29) is 18.1 Å². The van der Waals surface area contributed by atoms with E-state index in [2.05, 4.69) is 6.92 Å². The number of hydrogen-bond acceptors (Lipinski definition) is 5. The lowest BCUT2D eigenvalue weighted by atomic mass is 10.0. The molecule has 5 heteroatoms. The van der Waals surface area contributed by atoms with Gasteiger partial charge in [0.25, 0.3) is 0 Å². The molecule has 0 radical (unpaired) electrons. The molecule has 1 aromatic rings. The Labute approximate surface area is 145 Å². The molecule has 4 atom stereocenters. The van der Waals surface area contributed by atoms with Gasteiger partial charge in [0.05, 0.1) is 18.8 Å². The number of aliphatic hydroxyl groups is 2. The monoisotopic (exact) mass is 337 g/mol. The molecule has 24 heavy (non-hydrogen) atoms. The molecule has 0 amide bonds. The molecule has 0 aliphatic heterocycles. The van der Waals surface area contributed by atoms with E-state index in [0.717, 1.165) is 5.56 Å². The normalized spacial score (nSPS) is 16.5. The Morgan fingerprint density at radius 3 is 2.33 bits per heavy atom. The minimum absolute atomic E-state index is 0.0716. The minimum Gasteiger partial charge on any atom is -0.465 e. The first-order chi connectivity index (χ1) is 11.4. The number of ether oxygens (including phenoxy) is 1. The molecule has 0 heterocycles. The third-order valence-electron chi connectivity index (χ3n) is 4.48. The highest BCUT2D eigenvalue weighted by molar-refractivity contribution is 5.75. The summed E-state index contributed by atoms with van der Waals surface area (Å²) in [6.07, 6.45) is 0.162. The van der Waals surface area contributed by atoms with Gasteiger partial charge in [-0.25, -0.2) is 0 Å². The summed E-state index contributed by atoms with van der Waals surface area (Å²) < 4.78 is 5.22. The minimum atomic E-state index is -0.760. The van der Waals surface area contributed by atoms with Crippen molar-refractivity contribution in [3.63, 3.8) is 0 Å². The van der Waals surface area contributed by atoms with Crippen LogP contribution in [0.3, 0.4) is 0 Å². The second-order valence-corrected chi connectivity index (χ2v) is 6.26. The third kappa shape index (κ3) is 6.23. The van der Waals surface area contributed by atoms with E-state index in [4.69, 9.17) is 4.74 Å². The van der Waals surface area contributed by atoms with Crippen LogP contribution >= 0.6 is 0 Å². The van der Waals surface area contributed by atoms with Crippen molar-refractivity contribution in [2.45, 2.75) is 64.3 Å². The number of rotatable bonds is 10. The van der Waals surface area contributed by atoms with Crippen LogP contribution in [0.4, 0.5) is 0 Å². The molecular weight excluding hydrogens is 306 g/mol. The van der Waals surface area contributed by atoms with E-state index in [1.165, 1.54) is 0 Å². The van der Waals surface area contributed by atoms with Gasteiger partial charge >= 0.3 is 5.97 Å². The highest BCUT2D eigenvalue weighted by Crippen LogP contribution is 2.23. The van der Waals surface area contributed by atoms with Crippen LogP contribution in [0.5, 0.6) is 0 Å². The van der Waals surface area contributed by atoms with Crippen molar-refractivity contribution in [2.75, 3.05) is 13.7 Å². The smallest absolute Gasteiger partial charge is 0.323 e. The molecular formula is C19H31NO4. The zero-order chi connectivity index (χ0) is 18.1. The Balaban J connectivity index is 2.75. The molecule has 0 unspecified atom stereocenters. The Bertz CT molecular complexity index is 478. The van der Waals surface area contributed by atoms with Crippen LogP contribution in [0.25, 0.3) is 0 Å². The first kappa shape index (κ1) is 20.6. The van der Waals surface area contributed by atoms with Crippen LogP contribution in [-0.4, -0.2) is 53.0 Å².